The molecule has 1 aromatic heterocycles. The van der Waals surface area contributed by atoms with E-state index in [2.05, 4.69) is 28.2 Å². The van der Waals surface area contributed by atoms with Crippen LogP contribution in [0.25, 0.3) is 11.5 Å². The first-order valence-electron chi connectivity index (χ1n) is 11.0. The number of hydrogen-bond donors (Lipinski definition) is 0. The monoisotopic (exact) mass is 453 g/mol. The highest BCUT2D eigenvalue weighted by Gasteiger charge is 2.35. The number of carbonyl (C=O) groups excluding carboxylic acids is 1. The molecule has 9 heteroatoms. The zero-order valence-corrected chi connectivity index (χ0v) is 18.3. The minimum absolute atomic E-state index is 0.0193. The molecule has 3 heterocycles. The highest BCUT2D eigenvalue weighted by atomic mass is 19.3. The number of rotatable bonds is 5. The number of urea groups is 1. The zero-order chi connectivity index (χ0) is 22.9. The van der Waals surface area contributed by atoms with E-state index in [1.54, 1.807) is 12.1 Å². The molecule has 0 aliphatic carbocycles. The average Bonchev–Trinajstić information content (AvgIpc) is 3.33. The van der Waals surface area contributed by atoms with Gasteiger partial charge >= 0.3 is 12.5 Å². The van der Waals surface area contributed by atoms with Crippen molar-refractivity contribution in [2.75, 3.05) is 25.0 Å². The second kappa shape index (κ2) is 8.90. The van der Waals surface area contributed by atoms with Gasteiger partial charge in [-0.1, -0.05) is 30.3 Å². The van der Waals surface area contributed by atoms with E-state index in [9.17, 15) is 13.6 Å². The van der Waals surface area contributed by atoms with Gasteiger partial charge in [0.15, 0.2) is 0 Å². The Bertz CT molecular complexity index is 1130. The van der Waals surface area contributed by atoms with Crippen LogP contribution in [0.5, 0.6) is 0 Å². The Labute approximate surface area is 190 Å². The van der Waals surface area contributed by atoms with E-state index in [1.165, 1.54) is 0 Å². The minimum atomic E-state index is -2.80. The molecule has 1 saturated heterocycles. The molecule has 0 atom stereocenters. The van der Waals surface area contributed by atoms with Crippen LogP contribution in [0.3, 0.4) is 0 Å². The molecule has 1 fully saturated rings. The highest BCUT2D eigenvalue weighted by Crippen LogP contribution is 2.33. The average molecular weight is 453 g/mol. The van der Waals surface area contributed by atoms with Crippen LogP contribution in [0.1, 0.15) is 36.3 Å². The summed E-state index contributed by atoms with van der Waals surface area (Å²) in [5, 5.41) is 7.06. The van der Waals surface area contributed by atoms with Crippen molar-refractivity contribution in [2.24, 2.45) is 0 Å². The number of benzene rings is 2. The maximum atomic E-state index is 13.6. The number of amides is 2. The van der Waals surface area contributed by atoms with E-state index in [-0.39, 0.29) is 18.0 Å². The first kappa shape index (κ1) is 21.5. The van der Waals surface area contributed by atoms with Crippen LogP contribution >= 0.6 is 0 Å². The van der Waals surface area contributed by atoms with Crippen molar-refractivity contribution < 1.29 is 18.0 Å². The lowest BCUT2D eigenvalue weighted by Crippen LogP contribution is -2.53. The third-order valence-electron chi connectivity index (χ3n) is 6.40. The molecule has 3 aromatic rings. The maximum absolute atomic E-state index is 13.6. The molecule has 0 N–H and O–H groups in total. The van der Waals surface area contributed by atoms with Gasteiger partial charge in [0.25, 0.3) is 5.89 Å². The van der Waals surface area contributed by atoms with Gasteiger partial charge in [-0.25, -0.2) is 4.79 Å². The van der Waals surface area contributed by atoms with Crippen LogP contribution in [0.15, 0.2) is 52.9 Å². The van der Waals surface area contributed by atoms with Crippen LogP contribution in [-0.2, 0) is 13.1 Å². The van der Waals surface area contributed by atoms with Gasteiger partial charge in [0, 0.05) is 18.2 Å². The van der Waals surface area contributed by atoms with Crippen LogP contribution < -0.4 is 4.90 Å². The third kappa shape index (κ3) is 4.32. The SMILES string of the molecule is CN1CCC(N2Cc3ccccc3N(Cc3ccc(-c4nnc(C(F)F)o4)cc3)C2=O)CC1. The summed E-state index contributed by atoms with van der Waals surface area (Å²) in [4.78, 5) is 19.7. The summed E-state index contributed by atoms with van der Waals surface area (Å²) in [5.41, 5.74) is 3.53. The second-order valence-corrected chi connectivity index (χ2v) is 8.60. The van der Waals surface area contributed by atoms with Gasteiger partial charge in [0.05, 0.1) is 12.2 Å². The summed E-state index contributed by atoms with van der Waals surface area (Å²) in [6, 6.07) is 15.5. The molecule has 2 aliphatic heterocycles. The van der Waals surface area contributed by atoms with E-state index in [0.29, 0.717) is 18.7 Å². The Morgan fingerprint density at radius 3 is 2.48 bits per heavy atom. The predicted octanol–water partition coefficient (Wildman–Crippen LogP) is 4.71. The summed E-state index contributed by atoms with van der Waals surface area (Å²) in [6.07, 6.45) is -0.863. The predicted molar refractivity (Wildman–Crippen MR) is 119 cm³/mol. The van der Waals surface area contributed by atoms with E-state index in [0.717, 1.165) is 42.7 Å². The molecule has 0 saturated carbocycles. The largest absolute Gasteiger partial charge is 0.415 e. The fourth-order valence-electron chi connectivity index (χ4n) is 4.54. The lowest BCUT2D eigenvalue weighted by molar-refractivity contribution is 0.116. The van der Waals surface area contributed by atoms with Gasteiger partial charge in [-0.15, -0.1) is 10.2 Å². The minimum Gasteiger partial charge on any atom is -0.415 e. The number of piperidine rings is 1. The maximum Gasteiger partial charge on any atom is 0.325 e. The van der Waals surface area contributed by atoms with Crippen LogP contribution in [0.4, 0.5) is 19.3 Å². The number of hydrogen-bond acceptors (Lipinski definition) is 5. The standard InChI is InChI=1S/C24H25F2N5O2/c1-29-12-10-19(11-13-29)30-15-18-4-2-3-5-20(18)31(24(30)32)14-16-6-8-17(9-7-16)22-27-28-23(33-22)21(25)26/h2-9,19,21H,10-15H2,1H3. The van der Waals surface area contributed by atoms with Gasteiger partial charge in [-0.2, -0.15) is 8.78 Å². The van der Waals surface area contributed by atoms with Crippen LogP contribution in [0.2, 0.25) is 0 Å². The molecule has 5 rings (SSSR count). The second-order valence-electron chi connectivity index (χ2n) is 8.60. The molecule has 2 aromatic carbocycles. The number of para-hydroxylation sites is 1. The first-order valence-corrected chi connectivity index (χ1v) is 11.0. The molecule has 33 heavy (non-hydrogen) atoms. The Morgan fingerprint density at radius 2 is 1.79 bits per heavy atom. The van der Waals surface area contributed by atoms with E-state index in [1.807, 2.05) is 40.1 Å². The summed E-state index contributed by atoms with van der Waals surface area (Å²) in [6.45, 7) is 3.01. The molecular formula is C24H25F2N5O2. The van der Waals surface area contributed by atoms with Crippen molar-refractivity contribution in [1.29, 1.82) is 0 Å². The van der Waals surface area contributed by atoms with Gasteiger partial charge in [0.1, 0.15) is 0 Å². The topological polar surface area (TPSA) is 65.7 Å². The van der Waals surface area contributed by atoms with Crippen molar-refractivity contribution in [1.82, 2.24) is 20.0 Å². The summed E-state index contributed by atoms with van der Waals surface area (Å²) in [7, 11) is 2.11. The fraction of sp³-hybridized carbons (Fsp3) is 0.375. The number of fused-ring (bicyclic) bond motifs is 1. The highest BCUT2D eigenvalue weighted by molar-refractivity contribution is 5.95. The third-order valence-corrected chi connectivity index (χ3v) is 6.40. The summed E-state index contributed by atoms with van der Waals surface area (Å²) >= 11 is 0. The summed E-state index contributed by atoms with van der Waals surface area (Å²) in [5.74, 6) is -0.650. The van der Waals surface area contributed by atoms with Gasteiger partial charge in [-0.3, -0.25) is 4.90 Å². The normalized spacial score (nSPS) is 17.6. The molecule has 2 amide bonds. The number of anilines is 1. The Kier molecular flexibility index (Phi) is 5.80. The van der Waals surface area contributed by atoms with Crippen molar-refractivity contribution in [3.8, 4) is 11.5 Å². The van der Waals surface area contributed by atoms with Crippen molar-refractivity contribution in [3.63, 3.8) is 0 Å². The number of nitrogens with zero attached hydrogens (tertiary/aromatic N) is 5. The van der Waals surface area contributed by atoms with Gasteiger partial charge in [0.2, 0.25) is 5.89 Å². The van der Waals surface area contributed by atoms with Crippen molar-refractivity contribution >= 4 is 11.7 Å². The lowest BCUT2D eigenvalue weighted by atomic mass is 10.00. The van der Waals surface area contributed by atoms with Gasteiger partial charge < -0.3 is 14.2 Å². The first-order chi connectivity index (χ1) is 16.0. The molecule has 7 nitrogen and oxygen atoms in total. The van der Waals surface area contributed by atoms with E-state index >= 15 is 0 Å². The molecule has 0 spiro atoms. The lowest BCUT2D eigenvalue weighted by Gasteiger charge is -2.43. The number of halogens is 2. The Hall–Kier alpha value is -3.33. The van der Waals surface area contributed by atoms with E-state index < -0.39 is 12.3 Å². The Balaban J connectivity index is 1.37. The number of alkyl halides is 2. The van der Waals surface area contributed by atoms with Crippen LogP contribution in [0, 0.1) is 0 Å². The van der Waals surface area contributed by atoms with Crippen molar-refractivity contribution in [3.05, 3.63) is 65.5 Å². The zero-order valence-electron chi connectivity index (χ0n) is 18.3. The number of carbonyl (C=O) groups is 1. The molecule has 172 valence electrons. The van der Waals surface area contributed by atoms with Gasteiger partial charge in [-0.05, 0) is 62.3 Å². The smallest absolute Gasteiger partial charge is 0.325 e. The molecular weight excluding hydrogens is 428 g/mol. The molecule has 0 unspecified atom stereocenters. The molecule has 0 radical (unpaired) electrons. The van der Waals surface area contributed by atoms with Crippen molar-refractivity contribution in [2.45, 2.75) is 38.4 Å². The number of aromatic nitrogens is 2. The molecule has 0 bridgehead atoms. The van der Waals surface area contributed by atoms with Crippen LogP contribution in [-0.4, -0.2) is 52.2 Å². The Morgan fingerprint density at radius 1 is 1.06 bits per heavy atom. The quantitative estimate of drug-likeness (QED) is 0.560. The number of likely N-dealkylation sites (tertiary alicyclic amines) is 1. The fourth-order valence-corrected chi connectivity index (χ4v) is 4.54. The molecule has 2 aliphatic rings. The summed E-state index contributed by atoms with van der Waals surface area (Å²) < 4.78 is 30.5. The van der Waals surface area contributed by atoms with E-state index in [4.69, 9.17) is 4.42 Å².